The highest BCUT2D eigenvalue weighted by atomic mass is 32.1. The molecule has 0 radical (unpaired) electrons. The van der Waals surface area contributed by atoms with Gasteiger partial charge in [0, 0.05) is 17.8 Å². The molecule has 0 saturated heterocycles. The number of nitrogens with one attached hydrogen (secondary N) is 1. The number of nitrogens with zero attached hydrogens (tertiary/aromatic N) is 3. The molecule has 3 rings (SSSR count). The van der Waals surface area contributed by atoms with Gasteiger partial charge in [0.05, 0.1) is 6.54 Å². The SMILES string of the molecule is CCCc1cc(=O)n2nc(NCCOc3ccc(F)c(F)c3)sc2n1. The van der Waals surface area contributed by atoms with Crippen LogP contribution >= 0.6 is 11.3 Å². The maximum atomic E-state index is 13.1. The van der Waals surface area contributed by atoms with Crippen molar-refractivity contribution < 1.29 is 13.5 Å². The number of rotatable bonds is 7. The van der Waals surface area contributed by atoms with Crippen LogP contribution in [0.4, 0.5) is 13.9 Å². The van der Waals surface area contributed by atoms with Crippen molar-refractivity contribution in [2.24, 2.45) is 0 Å². The van der Waals surface area contributed by atoms with Gasteiger partial charge in [-0.25, -0.2) is 13.8 Å². The topological polar surface area (TPSA) is 68.5 Å². The molecule has 0 amide bonds. The Hall–Kier alpha value is -2.55. The summed E-state index contributed by atoms with van der Waals surface area (Å²) in [4.78, 5) is 16.9. The van der Waals surface area contributed by atoms with Crippen LogP contribution in [0.3, 0.4) is 0 Å². The summed E-state index contributed by atoms with van der Waals surface area (Å²) in [6.07, 6.45) is 1.66. The zero-order chi connectivity index (χ0) is 17.8. The fourth-order valence-corrected chi connectivity index (χ4v) is 3.06. The molecule has 0 spiro atoms. The summed E-state index contributed by atoms with van der Waals surface area (Å²) < 4.78 is 32.5. The van der Waals surface area contributed by atoms with Gasteiger partial charge in [0.1, 0.15) is 12.4 Å². The Morgan fingerprint density at radius 1 is 1.28 bits per heavy atom. The molecule has 0 aliphatic carbocycles. The molecular formula is C16H16F2N4O2S. The van der Waals surface area contributed by atoms with E-state index in [-0.39, 0.29) is 17.9 Å². The van der Waals surface area contributed by atoms with Crippen molar-refractivity contribution >= 4 is 21.4 Å². The zero-order valence-corrected chi connectivity index (χ0v) is 14.3. The van der Waals surface area contributed by atoms with Gasteiger partial charge in [-0.2, -0.15) is 4.52 Å². The van der Waals surface area contributed by atoms with Crippen LogP contribution in [0.2, 0.25) is 0 Å². The molecule has 1 aromatic carbocycles. The number of ether oxygens (including phenoxy) is 1. The fraction of sp³-hybridized carbons (Fsp3) is 0.312. The average molecular weight is 366 g/mol. The van der Waals surface area contributed by atoms with E-state index in [1.165, 1.54) is 28.0 Å². The van der Waals surface area contributed by atoms with E-state index < -0.39 is 11.6 Å². The predicted molar refractivity (Wildman–Crippen MR) is 91.5 cm³/mol. The summed E-state index contributed by atoms with van der Waals surface area (Å²) in [5.74, 6) is -1.63. The zero-order valence-electron chi connectivity index (χ0n) is 13.5. The van der Waals surface area contributed by atoms with Crippen LogP contribution in [0, 0.1) is 11.6 Å². The minimum atomic E-state index is -0.954. The quantitative estimate of drug-likeness (QED) is 0.651. The lowest BCUT2D eigenvalue weighted by Crippen LogP contribution is -2.16. The van der Waals surface area contributed by atoms with Gasteiger partial charge in [-0.15, -0.1) is 5.10 Å². The molecule has 9 heteroatoms. The summed E-state index contributed by atoms with van der Waals surface area (Å²) in [5.41, 5.74) is 0.542. The Bertz CT molecular complexity index is 942. The normalized spacial score (nSPS) is 11.0. The Labute approximate surface area is 146 Å². The van der Waals surface area contributed by atoms with Crippen molar-refractivity contribution in [2.75, 3.05) is 18.5 Å². The lowest BCUT2D eigenvalue weighted by Gasteiger charge is -2.06. The lowest BCUT2D eigenvalue weighted by molar-refractivity contribution is 0.329. The summed E-state index contributed by atoms with van der Waals surface area (Å²) in [7, 11) is 0. The molecule has 132 valence electrons. The summed E-state index contributed by atoms with van der Waals surface area (Å²) >= 11 is 1.27. The Morgan fingerprint density at radius 3 is 2.88 bits per heavy atom. The molecule has 0 bridgehead atoms. The highest BCUT2D eigenvalue weighted by Gasteiger charge is 2.09. The number of aromatic nitrogens is 3. The van der Waals surface area contributed by atoms with E-state index >= 15 is 0 Å². The van der Waals surface area contributed by atoms with Crippen LogP contribution in [0.1, 0.15) is 19.0 Å². The molecule has 1 N–H and O–H groups in total. The van der Waals surface area contributed by atoms with Gasteiger partial charge in [0.2, 0.25) is 10.1 Å². The summed E-state index contributed by atoms with van der Waals surface area (Å²) in [5, 5.41) is 7.73. The number of fused-ring (bicyclic) bond motifs is 1. The highest BCUT2D eigenvalue weighted by Crippen LogP contribution is 2.17. The first kappa shape index (κ1) is 17.3. The van der Waals surface area contributed by atoms with Crippen LogP contribution in [-0.4, -0.2) is 27.7 Å². The van der Waals surface area contributed by atoms with Gasteiger partial charge in [-0.1, -0.05) is 24.7 Å². The lowest BCUT2D eigenvalue weighted by atomic mass is 10.2. The number of halogens is 2. The van der Waals surface area contributed by atoms with E-state index in [0.29, 0.717) is 16.6 Å². The van der Waals surface area contributed by atoms with Gasteiger partial charge < -0.3 is 10.1 Å². The molecule has 0 unspecified atom stereocenters. The minimum Gasteiger partial charge on any atom is -0.492 e. The van der Waals surface area contributed by atoms with Gasteiger partial charge in [-0.05, 0) is 18.6 Å². The van der Waals surface area contributed by atoms with E-state index in [1.807, 2.05) is 6.92 Å². The molecule has 0 atom stereocenters. The molecule has 25 heavy (non-hydrogen) atoms. The number of benzene rings is 1. The first-order valence-electron chi connectivity index (χ1n) is 7.78. The van der Waals surface area contributed by atoms with Crippen LogP contribution in [0.25, 0.3) is 4.96 Å². The average Bonchev–Trinajstić information content (AvgIpc) is 2.99. The number of hydrogen-bond donors (Lipinski definition) is 1. The van der Waals surface area contributed by atoms with Crippen molar-refractivity contribution in [1.29, 1.82) is 0 Å². The maximum Gasteiger partial charge on any atom is 0.275 e. The second kappa shape index (κ2) is 7.56. The van der Waals surface area contributed by atoms with Gasteiger partial charge in [-0.3, -0.25) is 4.79 Å². The maximum absolute atomic E-state index is 13.1. The molecule has 2 heterocycles. The second-order valence-electron chi connectivity index (χ2n) is 5.29. The van der Waals surface area contributed by atoms with Crippen molar-refractivity contribution in [3.8, 4) is 5.75 Å². The third-order valence-corrected chi connectivity index (χ3v) is 4.21. The number of hydrogen-bond acceptors (Lipinski definition) is 6. The van der Waals surface area contributed by atoms with Crippen molar-refractivity contribution in [3.05, 3.63) is 51.9 Å². The smallest absolute Gasteiger partial charge is 0.275 e. The molecule has 0 fully saturated rings. The van der Waals surface area contributed by atoms with Crippen LogP contribution < -0.4 is 15.6 Å². The Balaban J connectivity index is 1.60. The van der Waals surface area contributed by atoms with Crippen molar-refractivity contribution in [1.82, 2.24) is 14.6 Å². The van der Waals surface area contributed by atoms with Gasteiger partial charge in [0.25, 0.3) is 5.56 Å². The Kier molecular flexibility index (Phi) is 5.22. The van der Waals surface area contributed by atoms with Crippen molar-refractivity contribution in [2.45, 2.75) is 19.8 Å². The van der Waals surface area contributed by atoms with E-state index in [0.717, 1.165) is 30.7 Å². The molecule has 6 nitrogen and oxygen atoms in total. The molecule has 0 aliphatic rings. The van der Waals surface area contributed by atoms with E-state index in [2.05, 4.69) is 15.4 Å². The standard InChI is InChI=1S/C16H16F2N4O2S/c1-2-3-10-8-14(23)22-16(20-10)25-15(21-22)19-6-7-24-11-4-5-12(17)13(18)9-11/h4-5,8-9H,2-3,6-7H2,1H3,(H,19,21). The van der Waals surface area contributed by atoms with Gasteiger partial charge in [0.15, 0.2) is 11.6 Å². The number of anilines is 1. The minimum absolute atomic E-state index is 0.212. The highest BCUT2D eigenvalue weighted by molar-refractivity contribution is 7.20. The van der Waals surface area contributed by atoms with Crippen molar-refractivity contribution in [3.63, 3.8) is 0 Å². The first-order valence-corrected chi connectivity index (χ1v) is 8.60. The second-order valence-corrected chi connectivity index (χ2v) is 6.24. The summed E-state index contributed by atoms with van der Waals surface area (Å²) in [6, 6.07) is 4.85. The van der Waals surface area contributed by atoms with E-state index in [9.17, 15) is 13.6 Å². The largest absolute Gasteiger partial charge is 0.492 e. The molecule has 0 aliphatic heterocycles. The molecule has 0 saturated carbocycles. The molecular weight excluding hydrogens is 350 g/mol. The fourth-order valence-electron chi connectivity index (χ4n) is 2.21. The molecule has 3 aromatic rings. The Morgan fingerprint density at radius 2 is 2.12 bits per heavy atom. The third kappa shape index (κ3) is 4.11. The number of aryl methyl sites for hydroxylation is 1. The third-order valence-electron chi connectivity index (χ3n) is 3.34. The van der Waals surface area contributed by atoms with E-state index in [1.54, 1.807) is 0 Å². The van der Waals surface area contributed by atoms with Crippen LogP contribution in [-0.2, 0) is 6.42 Å². The summed E-state index contributed by atoms with van der Waals surface area (Å²) in [6.45, 7) is 2.63. The van der Waals surface area contributed by atoms with Crippen LogP contribution in [0.15, 0.2) is 29.1 Å². The first-order chi connectivity index (χ1) is 12.1. The molecule has 2 aromatic heterocycles. The monoisotopic (exact) mass is 366 g/mol. The van der Waals surface area contributed by atoms with Gasteiger partial charge >= 0.3 is 0 Å². The predicted octanol–water partition coefficient (Wildman–Crippen LogP) is 2.87. The van der Waals surface area contributed by atoms with E-state index in [4.69, 9.17) is 4.74 Å². The van der Waals surface area contributed by atoms with Crippen LogP contribution in [0.5, 0.6) is 5.75 Å².